The molecule has 0 heterocycles. The van der Waals surface area contributed by atoms with Crippen LogP contribution < -0.4 is 4.74 Å². The first-order valence-corrected chi connectivity index (χ1v) is 6.15. The average Bonchev–Trinajstić information content (AvgIpc) is 2.36. The maximum atomic E-state index is 13.4. The van der Waals surface area contributed by atoms with Crippen LogP contribution in [0.25, 0.3) is 0 Å². The first-order valence-electron chi connectivity index (χ1n) is 5.07. The summed E-state index contributed by atoms with van der Waals surface area (Å²) in [6.07, 6.45) is 0. The molecule has 5 nitrogen and oxygen atoms in total. The topological polar surface area (TPSA) is 72.6 Å². The van der Waals surface area contributed by atoms with E-state index in [2.05, 4.69) is 0 Å². The zero-order valence-corrected chi connectivity index (χ0v) is 11.5. The predicted molar refractivity (Wildman–Crippen MR) is 74.0 cm³/mol. The molecule has 0 atom stereocenters. The van der Waals surface area contributed by atoms with Gasteiger partial charge in [-0.1, -0.05) is 0 Å². The van der Waals surface area contributed by atoms with Gasteiger partial charge in [0, 0.05) is 12.1 Å². The summed E-state index contributed by atoms with van der Waals surface area (Å²) < 4.78 is 18.8. The lowest BCUT2D eigenvalue weighted by Gasteiger charge is -2.07. The van der Waals surface area contributed by atoms with Crippen LogP contribution in [-0.4, -0.2) is 10.0 Å². The summed E-state index contributed by atoms with van der Waals surface area (Å²) in [5.41, 5.74) is -0.320. The maximum Gasteiger partial charge on any atom is 0.312 e. The first-order chi connectivity index (χ1) is 8.97. The number of nitro groups is 1. The Bertz CT molecular complexity index is 630. The quantitative estimate of drug-likeness (QED) is 0.503. The normalized spacial score (nSPS) is 10.2. The van der Waals surface area contributed by atoms with Crippen molar-refractivity contribution in [2.24, 2.45) is 0 Å². The van der Waals surface area contributed by atoms with Gasteiger partial charge in [-0.15, -0.1) is 0 Å². The van der Waals surface area contributed by atoms with Crippen molar-refractivity contribution in [2.75, 3.05) is 0 Å². The summed E-state index contributed by atoms with van der Waals surface area (Å²) in [6, 6.07) is 7.65. The zero-order valence-electron chi connectivity index (χ0n) is 9.34. The van der Waals surface area contributed by atoms with Crippen molar-refractivity contribution < 1.29 is 19.2 Å². The van der Waals surface area contributed by atoms with Gasteiger partial charge in [0.2, 0.25) is 5.75 Å². The van der Waals surface area contributed by atoms with Crippen LogP contribution in [0.15, 0.2) is 36.4 Å². The lowest BCUT2D eigenvalue weighted by atomic mass is 10.3. The third kappa shape index (κ3) is 3.11. The number of nitrogens with zero attached hydrogens (tertiary/aromatic N) is 1. The molecule has 1 N–H and O–H groups in total. The van der Waals surface area contributed by atoms with Gasteiger partial charge in [0.15, 0.2) is 0 Å². The molecule has 0 aromatic heterocycles. The lowest BCUT2D eigenvalue weighted by Crippen LogP contribution is -1.96. The largest absolute Gasteiger partial charge is 0.508 e. The third-order valence-electron chi connectivity index (χ3n) is 2.26. The Morgan fingerprint density at radius 2 is 1.89 bits per heavy atom. The van der Waals surface area contributed by atoms with Gasteiger partial charge in [0.25, 0.3) is 0 Å². The van der Waals surface area contributed by atoms with E-state index < -0.39 is 10.7 Å². The molecule has 0 saturated heterocycles. The van der Waals surface area contributed by atoms with E-state index in [9.17, 15) is 14.5 Å². The van der Waals surface area contributed by atoms with Crippen LogP contribution in [0.4, 0.5) is 10.1 Å². The van der Waals surface area contributed by atoms with E-state index in [1.165, 1.54) is 24.3 Å². The molecule has 98 valence electrons. The summed E-state index contributed by atoms with van der Waals surface area (Å²) in [7, 11) is 0. The van der Waals surface area contributed by atoms with Crippen molar-refractivity contribution in [3.05, 3.63) is 55.9 Å². The summed E-state index contributed by atoms with van der Waals surface area (Å²) in [5.74, 6) is -0.481. The van der Waals surface area contributed by atoms with Gasteiger partial charge < -0.3 is 9.84 Å². The van der Waals surface area contributed by atoms with Gasteiger partial charge in [-0.2, -0.15) is 0 Å². The number of hydrogen-bond donors (Lipinski definition) is 1. The van der Waals surface area contributed by atoms with E-state index in [0.29, 0.717) is 0 Å². The fraction of sp³-hybridized carbons (Fsp3) is 0. The first kappa shape index (κ1) is 13.5. The molecule has 2 aromatic rings. The fourth-order valence-electron chi connectivity index (χ4n) is 1.38. The number of halogens is 2. The monoisotopic (exact) mass is 375 g/mol. The van der Waals surface area contributed by atoms with Crippen molar-refractivity contribution in [1.29, 1.82) is 0 Å². The van der Waals surface area contributed by atoms with Gasteiger partial charge in [0.05, 0.1) is 8.49 Å². The molecule has 0 saturated carbocycles. The number of phenols is 1. The second-order valence-electron chi connectivity index (χ2n) is 3.59. The second-order valence-corrected chi connectivity index (χ2v) is 4.75. The van der Waals surface area contributed by atoms with Gasteiger partial charge in [-0.3, -0.25) is 10.1 Å². The average molecular weight is 375 g/mol. The number of phenolic OH excluding ortho intramolecular Hbond substituents is 1. The van der Waals surface area contributed by atoms with E-state index in [0.717, 1.165) is 12.1 Å². The smallest absolute Gasteiger partial charge is 0.312 e. The van der Waals surface area contributed by atoms with Crippen molar-refractivity contribution in [1.82, 2.24) is 0 Å². The molecule has 0 spiro atoms. The lowest BCUT2D eigenvalue weighted by molar-refractivity contribution is -0.385. The molecule has 0 fully saturated rings. The van der Waals surface area contributed by atoms with E-state index in [-0.39, 0.29) is 26.5 Å². The highest BCUT2D eigenvalue weighted by atomic mass is 127. The highest BCUT2D eigenvalue weighted by molar-refractivity contribution is 14.1. The van der Waals surface area contributed by atoms with E-state index in [1.54, 1.807) is 22.6 Å². The van der Waals surface area contributed by atoms with Gasteiger partial charge in [-0.05, 0) is 46.9 Å². The zero-order chi connectivity index (χ0) is 14.0. The SMILES string of the molecule is O=[N+]([O-])c1cc(I)c(F)cc1Oc1ccc(O)cc1. The van der Waals surface area contributed by atoms with Crippen molar-refractivity contribution >= 4 is 28.3 Å². The van der Waals surface area contributed by atoms with Crippen molar-refractivity contribution in [3.63, 3.8) is 0 Å². The molecule has 7 heteroatoms. The van der Waals surface area contributed by atoms with Crippen LogP contribution >= 0.6 is 22.6 Å². The Morgan fingerprint density at radius 3 is 2.47 bits per heavy atom. The third-order valence-corrected chi connectivity index (χ3v) is 3.09. The van der Waals surface area contributed by atoms with E-state index in [4.69, 9.17) is 9.84 Å². The maximum absolute atomic E-state index is 13.4. The Hall–Kier alpha value is -1.90. The Balaban J connectivity index is 2.41. The number of nitro benzene ring substituents is 1. The highest BCUT2D eigenvalue weighted by Gasteiger charge is 2.19. The number of hydrogen-bond acceptors (Lipinski definition) is 4. The molecule has 0 aliphatic rings. The van der Waals surface area contributed by atoms with Gasteiger partial charge in [0.1, 0.15) is 17.3 Å². The van der Waals surface area contributed by atoms with Crippen LogP contribution in [0.3, 0.4) is 0 Å². The number of rotatable bonds is 3. The minimum atomic E-state index is -0.642. The van der Waals surface area contributed by atoms with Crippen LogP contribution in [0.1, 0.15) is 0 Å². The van der Waals surface area contributed by atoms with Gasteiger partial charge >= 0.3 is 5.69 Å². The molecular formula is C12H7FINO4. The van der Waals surface area contributed by atoms with Crippen LogP contribution in [0.5, 0.6) is 17.2 Å². The fourth-order valence-corrected chi connectivity index (χ4v) is 1.83. The molecule has 0 amide bonds. The Kier molecular flexibility index (Phi) is 3.84. The molecule has 19 heavy (non-hydrogen) atoms. The second kappa shape index (κ2) is 5.39. The van der Waals surface area contributed by atoms with Gasteiger partial charge in [-0.25, -0.2) is 4.39 Å². The molecule has 2 rings (SSSR count). The highest BCUT2D eigenvalue weighted by Crippen LogP contribution is 2.34. The van der Waals surface area contributed by atoms with E-state index >= 15 is 0 Å². The predicted octanol–water partition coefficient (Wildman–Crippen LogP) is 3.84. The Labute approximate surface area is 120 Å². The minimum Gasteiger partial charge on any atom is -0.508 e. The number of ether oxygens (including phenoxy) is 1. The molecule has 0 unspecified atom stereocenters. The molecule has 0 aliphatic carbocycles. The number of benzene rings is 2. The Morgan fingerprint density at radius 1 is 1.26 bits per heavy atom. The summed E-state index contributed by atoms with van der Waals surface area (Å²) in [6.45, 7) is 0. The summed E-state index contributed by atoms with van der Waals surface area (Å²) in [4.78, 5) is 10.2. The van der Waals surface area contributed by atoms with Crippen LogP contribution in [-0.2, 0) is 0 Å². The summed E-state index contributed by atoms with van der Waals surface area (Å²) in [5, 5.41) is 20.0. The van der Waals surface area contributed by atoms with Crippen molar-refractivity contribution in [3.8, 4) is 17.2 Å². The minimum absolute atomic E-state index is 0.0376. The molecular weight excluding hydrogens is 368 g/mol. The molecule has 0 radical (unpaired) electrons. The van der Waals surface area contributed by atoms with Crippen LogP contribution in [0, 0.1) is 19.5 Å². The number of aromatic hydroxyl groups is 1. The summed E-state index contributed by atoms with van der Waals surface area (Å²) >= 11 is 1.67. The molecule has 0 aliphatic heterocycles. The van der Waals surface area contributed by atoms with Crippen LogP contribution in [0.2, 0.25) is 0 Å². The standard InChI is InChI=1S/C12H7FINO4/c13-9-5-12(11(15(17)18)6-10(9)14)19-8-3-1-7(16)2-4-8/h1-6,16H. The molecule has 2 aromatic carbocycles. The van der Waals surface area contributed by atoms with E-state index in [1.807, 2.05) is 0 Å². The van der Waals surface area contributed by atoms with Crippen molar-refractivity contribution in [2.45, 2.75) is 0 Å². The molecule has 0 bridgehead atoms.